The van der Waals surface area contributed by atoms with E-state index in [1.54, 1.807) is 0 Å². The van der Waals surface area contributed by atoms with Gasteiger partial charge in [-0.3, -0.25) is 4.90 Å². The Labute approximate surface area is 151 Å². The standard InChI is InChI=1S/C21H30N4/c1-2-6-16(7-3-1)15-25-13-10-17(14-21(25)11-5-12-21)22-20-23-18-8-4-9-19(18)24-20/h1-3,6-7,17-19H,4-5,8-15H2,(H2,22,23,24)/t17?,18-,19+. The van der Waals surface area contributed by atoms with E-state index in [1.807, 2.05) is 0 Å². The molecule has 134 valence electrons. The van der Waals surface area contributed by atoms with E-state index in [4.69, 9.17) is 4.99 Å². The van der Waals surface area contributed by atoms with Crippen LogP contribution in [-0.2, 0) is 6.54 Å². The molecule has 2 aliphatic carbocycles. The van der Waals surface area contributed by atoms with E-state index >= 15 is 0 Å². The summed E-state index contributed by atoms with van der Waals surface area (Å²) in [6.45, 7) is 2.31. The van der Waals surface area contributed by atoms with Gasteiger partial charge in [-0.2, -0.15) is 0 Å². The lowest BCUT2D eigenvalue weighted by molar-refractivity contribution is -0.0322. The molecule has 1 aromatic rings. The van der Waals surface area contributed by atoms with Crippen LogP contribution in [0.25, 0.3) is 0 Å². The van der Waals surface area contributed by atoms with Crippen molar-refractivity contribution in [3.8, 4) is 0 Å². The Morgan fingerprint density at radius 3 is 2.76 bits per heavy atom. The number of nitrogens with zero attached hydrogens (tertiary/aromatic N) is 2. The average Bonchev–Trinajstić information content (AvgIpc) is 3.17. The van der Waals surface area contributed by atoms with E-state index < -0.39 is 0 Å². The first kappa shape index (κ1) is 15.7. The minimum atomic E-state index is 0.431. The van der Waals surface area contributed by atoms with Crippen LogP contribution in [-0.4, -0.2) is 41.1 Å². The summed E-state index contributed by atoms with van der Waals surface area (Å²) < 4.78 is 0. The van der Waals surface area contributed by atoms with Crippen LogP contribution in [0.3, 0.4) is 0 Å². The summed E-state index contributed by atoms with van der Waals surface area (Å²) in [7, 11) is 0. The fraction of sp³-hybridized carbons (Fsp3) is 0.667. The summed E-state index contributed by atoms with van der Waals surface area (Å²) in [4.78, 5) is 7.67. The highest BCUT2D eigenvalue weighted by Gasteiger charge is 2.47. The predicted octanol–water partition coefficient (Wildman–Crippen LogP) is 3.04. The molecule has 1 aromatic carbocycles. The van der Waals surface area contributed by atoms with Gasteiger partial charge in [-0.15, -0.1) is 0 Å². The molecule has 4 aliphatic rings. The maximum absolute atomic E-state index is 4.90. The highest BCUT2D eigenvalue weighted by atomic mass is 15.3. The van der Waals surface area contributed by atoms with Crippen LogP contribution in [0.2, 0.25) is 0 Å². The van der Waals surface area contributed by atoms with Crippen molar-refractivity contribution in [3.63, 3.8) is 0 Å². The molecule has 0 radical (unpaired) electrons. The number of benzene rings is 1. The summed E-state index contributed by atoms with van der Waals surface area (Å²) in [6, 6.07) is 12.7. The normalized spacial score (nSPS) is 33.4. The molecule has 3 fully saturated rings. The van der Waals surface area contributed by atoms with Gasteiger partial charge in [-0.25, -0.2) is 4.99 Å². The summed E-state index contributed by atoms with van der Waals surface area (Å²) in [5.74, 6) is 1.09. The third-order valence-corrected chi connectivity index (χ3v) is 6.98. The second-order valence-electron chi connectivity index (χ2n) is 8.55. The molecule has 1 spiro atoms. The SMILES string of the molecule is c1ccc(CN2CCC(NC3=N[C@H]4CCC[C@H]4N3)CC23CCC3)cc1. The van der Waals surface area contributed by atoms with Crippen molar-refractivity contribution >= 4 is 5.96 Å². The van der Waals surface area contributed by atoms with Gasteiger partial charge in [0.25, 0.3) is 0 Å². The lowest BCUT2D eigenvalue weighted by Crippen LogP contribution is -2.61. The van der Waals surface area contributed by atoms with Gasteiger partial charge in [-0.05, 0) is 56.9 Å². The molecule has 2 saturated carbocycles. The average molecular weight is 338 g/mol. The predicted molar refractivity (Wildman–Crippen MR) is 102 cm³/mol. The van der Waals surface area contributed by atoms with E-state index in [1.165, 1.54) is 63.5 Å². The molecule has 5 rings (SSSR count). The molecule has 4 nitrogen and oxygen atoms in total. The number of piperidine rings is 1. The minimum absolute atomic E-state index is 0.431. The van der Waals surface area contributed by atoms with E-state index in [-0.39, 0.29) is 0 Å². The smallest absolute Gasteiger partial charge is 0.192 e. The molecular formula is C21H30N4. The van der Waals surface area contributed by atoms with E-state index in [0.29, 0.717) is 23.7 Å². The molecule has 0 bridgehead atoms. The Kier molecular flexibility index (Phi) is 3.96. The van der Waals surface area contributed by atoms with Crippen LogP contribution in [0.5, 0.6) is 0 Å². The van der Waals surface area contributed by atoms with Gasteiger partial charge < -0.3 is 10.6 Å². The number of guanidine groups is 1. The van der Waals surface area contributed by atoms with Crippen LogP contribution >= 0.6 is 0 Å². The molecule has 1 unspecified atom stereocenters. The molecule has 0 aromatic heterocycles. The van der Waals surface area contributed by atoms with Crippen molar-refractivity contribution < 1.29 is 0 Å². The number of fused-ring (bicyclic) bond motifs is 1. The molecule has 25 heavy (non-hydrogen) atoms. The third kappa shape index (κ3) is 2.95. The fourth-order valence-corrected chi connectivity index (χ4v) is 5.43. The first-order valence-corrected chi connectivity index (χ1v) is 10.2. The molecule has 2 N–H and O–H groups in total. The lowest BCUT2D eigenvalue weighted by Gasteiger charge is -2.55. The van der Waals surface area contributed by atoms with Crippen LogP contribution in [0.4, 0.5) is 0 Å². The third-order valence-electron chi connectivity index (χ3n) is 6.98. The van der Waals surface area contributed by atoms with Crippen molar-refractivity contribution in [3.05, 3.63) is 35.9 Å². The van der Waals surface area contributed by atoms with Crippen LogP contribution in [0.15, 0.2) is 35.3 Å². The topological polar surface area (TPSA) is 39.7 Å². The zero-order valence-electron chi connectivity index (χ0n) is 15.1. The first-order valence-electron chi connectivity index (χ1n) is 10.2. The Balaban J connectivity index is 1.23. The van der Waals surface area contributed by atoms with Crippen LogP contribution in [0, 0.1) is 0 Å². The maximum atomic E-state index is 4.90. The van der Waals surface area contributed by atoms with Crippen molar-refractivity contribution in [2.75, 3.05) is 6.54 Å². The van der Waals surface area contributed by atoms with Gasteiger partial charge in [0.15, 0.2) is 5.96 Å². The van der Waals surface area contributed by atoms with Crippen molar-refractivity contribution in [2.24, 2.45) is 4.99 Å². The second-order valence-corrected chi connectivity index (χ2v) is 8.55. The molecule has 0 amide bonds. The van der Waals surface area contributed by atoms with Crippen LogP contribution in [0.1, 0.15) is 56.9 Å². The minimum Gasteiger partial charge on any atom is -0.354 e. The molecule has 1 saturated heterocycles. The number of rotatable bonds is 3. The van der Waals surface area contributed by atoms with Gasteiger partial charge in [0.2, 0.25) is 0 Å². The maximum Gasteiger partial charge on any atom is 0.192 e. The molecule has 2 aliphatic heterocycles. The number of hydrogen-bond donors (Lipinski definition) is 2. The van der Waals surface area contributed by atoms with Gasteiger partial charge in [0.1, 0.15) is 0 Å². The summed E-state index contributed by atoms with van der Waals surface area (Å²) >= 11 is 0. The van der Waals surface area contributed by atoms with Crippen molar-refractivity contribution in [1.82, 2.24) is 15.5 Å². The Morgan fingerprint density at radius 1 is 1.12 bits per heavy atom. The molecule has 2 heterocycles. The second kappa shape index (κ2) is 6.31. The highest BCUT2D eigenvalue weighted by Crippen LogP contribution is 2.45. The fourth-order valence-electron chi connectivity index (χ4n) is 5.43. The van der Waals surface area contributed by atoms with Gasteiger partial charge in [0, 0.05) is 24.7 Å². The number of nitrogens with one attached hydrogen (secondary N) is 2. The first-order chi connectivity index (χ1) is 12.3. The lowest BCUT2D eigenvalue weighted by atomic mass is 9.68. The van der Waals surface area contributed by atoms with Crippen molar-refractivity contribution in [1.29, 1.82) is 0 Å². The zero-order chi connectivity index (χ0) is 16.7. The number of likely N-dealkylation sites (tertiary alicyclic amines) is 1. The molecular weight excluding hydrogens is 308 g/mol. The van der Waals surface area contributed by atoms with E-state index in [9.17, 15) is 0 Å². The summed E-state index contributed by atoms with van der Waals surface area (Å²) in [5, 5.41) is 7.41. The largest absolute Gasteiger partial charge is 0.354 e. The quantitative estimate of drug-likeness (QED) is 0.890. The zero-order valence-corrected chi connectivity index (χ0v) is 15.1. The van der Waals surface area contributed by atoms with E-state index in [0.717, 1.165) is 12.5 Å². The van der Waals surface area contributed by atoms with Gasteiger partial charge in [0.05, 0.1) is 12.1 Å². The van der Waals surface area contributed by atoms with Gasteiger partial charge >= 0.3 is 0 Å². The highest BCUT2D eigenvalue weighted by molar-refractivity contribution is 5.82. The van der Waals surface area contributed by atoms with E-state index in [2.05, 4.69) is 45.9 Å². The number of hydrogen-bond acceptors (Lipinski definition) is 4. The molecule has 3 atom stereocenters. The monoisotopic (exact) mass is 338 g/mol. The summed E-state index contributed by atoms with van der Waals surface area (Å²) in [5.41, 5.74) is 1.88. The van der Waals surface area contributed by atoms with Crippen LogP contribution < -0.4 is 10.6 Å². The Bertz CT molecular complexity index is 637. The Morgan fingerprint density at radius 2 is 2.00 bits per heavy atom. The molecule has 4 heteroatoms. The van der Waals surface area contributed by atoms with Crippen molar-refractivity contribution in [2.45, 2.75) is 81.6 Å². The van der Waals surface area contributed by atoms with Gasteiger partial charge in [-0.1, -0.05) is 30.3 Å². The summed E-state index contributed by atoms with van der Waals surface area (Å²) in [6.07, 6.45) is 10.5. The Hall–Kier alpha value is -1.55. The number of aliphatic imine (C=N–C) groups is 1.